The lowest BCUT2D eigenvalue weighted by Crippen LogP contribution is -2.47. The molecule has 0 aliphatic heterocycles. The number of alkyl halides is 9. The molecule has 11 nitrogen and oxygen atoms in total. The number of aromatic nitrogens is 6. The molecule has 8 rings (SSSR count). The topological polar surface area (TPSA) is 143 Å². The zero-order valence-corrected chi connectivity index (χ0v) is 42.5. The predicted molar refractivity (Wildman–Crippen MR) is 265 cm³/mol. The van der Waals surface area contributed by atoms with Crippen molar-refractivity contribution in [3.05, 3.63) is 180 Å². The smallest absolute Gasteiger partial charge is 0.386 e. The maximum atomic E-state index is 13.8. The van der Waals surface area contributed by atoms with E-state index in [1.54, 1.807) is 10.7 Å². The number of aromatic amines is 1. The number of H-pyrrole nitrogens is 1. The van der Waals surface area contributed by atoms with Gasteiger partial charge in [-0.1, -0.05) is 82.8 Å². The van der Waals surface area contributed by atoms with Crippen LogP contribution in [-0.2, 0) is 38.8 Å². The SMILES string of the molecule is Cn1cc(C(=O)Nc2ccc(F)cc2-c2ccc(Cl)c(Cl)c2)c(C(F)F)n1.O=C(NCCc1ncc(C(F)(F)F)cc1Cl)c1ccccc1C(F)(F)F.OC(Cc1ccccc1Cl)(Cn1[nH]cnc1=S)C1(Cl)CC1. The average Bonchev–Trinajstić information content (AvgIpc) is 3.79. The van der Waals surface area contributed by atoms with E-state index in [0.29, 0.717) is 44.6 Å². The van der Waals surface area contributed by atoms with Crippen molar-refractivity contribution in [1.82, 2.24) is 34.8 Å². The van der Waals surface area contributed by atoms with Crippen LogP contribution in [0.2, 0.25) is 20.1 Å². The molecule has 7 aromatic rings. The van der Waals surface area contributed by atoms with Crippen LogP contribution in [-0.4, -0.2) is 63.5 Å². The number of halogens is 14. The third-order valence-corrected chi connectivity index (χ3v) is 13.6. The van der Waals surface area contributed by atoms with Crippen molar-refractivity contribution in [3.8, 4) is 11.1 Å². The summed E-state index contributed by atoms with van der Waals surface area (Å²) in [6.45, 7) is 0.115. The Balaban J connectivity index is 0.000000182. The van der Waals surface area contributed by atoms with Crippen molar-refractivity contribution < 1.29 is 54.2 Å². The molecule has 26 heteroatoms. The van der Waals surface area contributed by atoms with E-state index < -0.39 is 69.3 Å². The number of carbonyl (C=O) groups is 2. The molecule has 0 spiro atoms. The summed E-state index contributed by atoms with van der Waals surface area (Å²) in [6.07, 6.45) is -7.01. The van der Waals surface area contributed by atoms with Crippen LogP contribution in [0.5, 0.6) is 0 Å². The fourth-order valence-electron chi connectivity index (χ4n) is 7.22. The normalized spacial score (nSPS) is 13.7. The third-order valence-electron chi connectivity index (χ3n) is 11.1. The Labute approximate surface area is 445 Å². The van der Waals surface area contributed by atoms with Gasteiger partial charge < -0.3 is 15.7 Å². The van der Waals surface area contributed by atoms with Crippen LogP contribution >= 0.6 is 70.2 Å². The number of hydrogen-bond acceptors (Lipinski definition) is 7. The first kappa shape index (κ1) is 57.6. The fraction of sp³-hybridized carbons (Fsp3) is 0.250. The summed E-state index contributed by atoms with van der Waals surface area (Å²) in [5.41, 5.74) is -2.67. The predicted octanol–water partition coefficient (Wildman–Crippen LogP) is 13.8. The van der Waals surface area contributed by atoms with Crippen LogP contribution in [0.25, 0.3) is 11.1 Å². The molecule has 3 aromatic heterocycles. The number of pyridine rings is 1. The maximum Gasteiger partial charge on any atom is 0.417 e. The van der Waals surface area contributed by atoms with Crippen LogP contribution in [0.4, 0.5) is 45.2 Å². The number of aryl methyl sites for hydroxylation is 1. The van der Waals surface area contributed by atoms with Gasteiger partial charge in [0, 0.05) is 55.1 Å². The molecular weight excluding hydrogens is 1120 g/mol. The van der Waals surface area contributed by atoms with Gasteiger partial charge in [0.1, 0.15) is 23.4 Å². The largest absolute Gasteiger partial charge is 0.417 e. The molecule has 4 aromatic carbocycles. The van der Waals surface area contributed by atoms with Crippen molar-refractivity contribution in [2.75, 3.05) is 11.9 Å². The molecule has 1 saturated carbocycles. The summed E-state index contributed by atoms with van der Waals surface area (Å²) in [4.78, 5) is 31.4. The van der Waals surface area contributed by atoms with Crippen molar-refractivity contribution in [3.63, 3.8) is 0 Å². The summed E-state index contributed by atoms with van der Waals surface area (Å²) in [5, 5.41) is 23.4. The molecule has 0 saturated heterocycles. The zero-order chi connectivity index (χ0) is 54.3. The number of rotatable bonds is 13. The minimum absolute atomic E-state index is 0.0447. The van der Waals surface area contributed by atoms with Gasteiger partial charge in [-0.2, -0.15) is 31.4 Å². The molecule has 1 aliphatic rings. The van der Waals surface area contributed by atoms with Crippen molar-refractivity contribution in [1.29, 1.82) is 0 Å². The van der Waals surface area contributed by atoms with E-state index in [-0.39, 0.29) is 46.5 Å². The number of benzene rings is 4. The highest BCUT2D eigenvalue weighted by Gasteiger charge is 2.58. The van der Waals surface area contributed by atoms with Gasteiger partial charge in [0.05, 0.1) is 54.4 Å². The van der Waals surface area contributed by atoms with Gasteiger partial charge in [0.25, 0.3) is 18.2 Å². The number of amides is 2. The second-order valence-corrected chi connectivity index (χ2v) is 19.1. The molecule has 3 heterocycles. The summed E-state index contributed by atoms with van der Waals surface area (Å²) < 4.78 is 119. The Morgan fingerprint density at radius 2 is 1.53 bits per heavy atom. The lowest BCUT2D eigenvalue weighted by Gasteiger charge is -2.33. The van der Waals surface area contributed by atoms with Gasteiger partial charge in [0.2, 0.25) is 4.77 Å². The molecule has 0 radical (unpaired) electrons. The Morgan fingerprint density at radius 1 is 0.838 bits per heavy atom. The van der Waals surface area contributed by atoms with E-state index in [2.05, 4.69) is 30.8 Å². The molecule has 74 heavy (non-hydrogen) atoms. The summed E-state index contributed by atoms with van der Waals surface area (Å²) in [7, 11) is 1.43. The lowest BCUT2D eigenvalue weighted by molar-refractivity contribution is -0.138. The van der Waals surface area contributed by atoms with Crippen LogP contribution < -0.4 is 10.6 Å². The molecule has 1 aliphatic carbocycles. The molecule has 392 valence electrons. The van der Waals surface area contributed by atoms with Crippen LogP contribution in [0.15, 0.2) is 110 Å². The highest BCUT2D eigenvalue weighted by atomic mass is 35.5. The van der Waals surface area contributed by atoms with Gasteiger partial charge in [-0.25, -0.2) is 18.2 Å². The second-order valence-electron chi connectivity index (χ2n) is 16.4. The molecular formula is C48H38Cl5F9N8O3S. The van der Waals surface area contributed by atoms with Crippen molar-refractivity contribution in [2.45, 2.75) is 61.5 Å². The molecule has 1 atom stereocenters. The summed E-state index contributed by atoms with van der Waals surface area (Å²) in [6, 6.07) is 20.8. The number of aliphatic hydroxyl groups is 1. The average molecular weight is 1160 g/mol. The maximum absolute atomic E-state index is 13.8. The molecule has 2 amide bonds. The summed E-state index contributed by atoms with van der Waals surface area (Å²) >= 11 is 35.5. The fourth-order valence-corrected chi connectivity index (χ4v) is 8.38. The first-order valence-electron chi connectivity index (χ1n) is 21.5. The molecule has 1 fully saturated rings. The quantitative estimate of drug-likeness (QED) is 0.0511. The summed E-state index contributed by atoms with van der Waals surface area (Å²) in [5.74, 6) is -2.28. The van der Waals surface area contributed by atoms with Crippen LogP contribution in [0.3, 0.4) is 0 Å². The van der Waals surface area contributed by atoms with Crippen molar-refractivity contribution in [2.24, 2.45) is 7.05 Å². The highest BCUT2D eigenvalue weighted by molar-refractivity contribution is 7.71. The van der Waals surface area contributed by atoms with E-state index in [1.807, 2.05) is 24.3 Å². The highest BCUT2D eigenvalue weighted by Crippen LogP contribution is 2.53. The van der Waals surface area contributed by atoms with E-state index >= 15 is 0 Å². The number of anilines is 1. The van der Waals surface area contributed by atoms with Gasteiger partial charge in [0.15, 0.2) is 0 Å². The van der Waals surface area contributed by atoms with Gasteiger partial charge in [-0.3, -0.25) is 29.0 Å². The van der Waals surface area contributed by atoms with E-state index in [0.717, 1.165) is 47.4 Å². The first-order valence-corrected chi connectivity index (χ1v) is 23.8. The van der Waals surface area contributed by atoms with E-state index in [9.17, 15) is 54.2 Å². The molecule has 4 N–H and O–H groups in total. The van der Waals surface area contributed by atoms with Gasteiger partial charge in [-0.15, -0.1) is 11.6 Å². The van der Waals surface area contributed by atoms with Gasteiger partial charge >= 0.3 is 12.4 Å². The van der Waals surface area contributed by atoms with Crippen LogP contribution in [0.1, 0.15) is 68.1 Å². The third kappa shape index (κ3) is 14.6. The lowest BCUT2D eigenvalue weighted by atomic mass is 9.89. The zero-order valence-electron chi connectivity index (χ0n) is 37.9. The number of nitrogens with one attached hydrogen (secondary N) is 3. The Kier molecular flexibility index (Phi) is 18.6. The minimum Gasteiger partial charge on any atom is -0.386 e. The van der Waals surface area contributed by atoms with Crippen LogP contribution in [0, 0.1) is 10.6 Å². The van der Waals surface area contributed by atoms with Gasteiger partial charge in [-0.05, 0) is 90.8 Å². The number of carbonyl (C=O) groups excluding carboxylic acids is 2. The van der Waals surface area contributed by atoms with Crippen molar-refractivity contribution >= 4 is 87.7 Å². The second kappa shape index (κ2) is 23.9. The minimum atomic E-state index is -4.69. The molecule has 1 unspecified atom stereocenters. The Bertz CT molecular complexity index is 3200. The Morgan fingerprint density at radius 3 is 2.14 bits per heavy atom. The molecule has 0 bridgehead atoms. The number of hydrogen-bond donors (Lipinski definition) is 4. The number of nitrogens with zero attached hydrogens (tertiary/aromatic N) is 5. The van der Waals surface area contributed by atoms with E-state index in [1.165, 1.54) is 49.9 Å². The Hall–Kier alpha value is -5.68. The standard InChI is InChI=1S/C18H12Cl2F3N3O.C16H11ClF6N2O.C14H15Cl2N3OS/c1-26-8-12(16(25-26)17(22)23)18(27)24-15-5-3-10(21)7-11(15)9-2-4-13(19)14(20)6-9;17-12-7-9(15(18,19)20)8-25-13(12)5-6-24-14(26)10-3-1-2-4-11(10)16(21,22)23;15-11-4-2-1-3-10(11)7-14(20,13(16)5-6-13)8-19-12(21)17-9-18-19/h2-8,17H,1H3,(H,24,27);1-4,7-8H,5-6H2,(H,24,26);1-4,9,20H,5-8H2,(H,17,18,21). The first-order chi connectivity index (χ1) is 34.7. The van der Waals surface area contributed by atoms with E-state index in [4.69, 9.17) is 70.2 Å². The monoisotopic (exact) mass is 1150 g/mol.